The van der Waals surface area contributed by atoms with Gasteiger partial charge in [0, 0.05) is 18.0 Å². The Bertz CT molecular complexity index is 1220. The molecule has 1 aromatic heterocycles. The van der Waals surface area contributed by atoms with Gasteiger partial charge in [-0.25, -0.2) is 9.37 Å². The number of aliphatic hydroxyl groups is 1. The van der Waals surface area contributed by atoms with E-state index < -0.39 is 23.4 Å². The highest BCUT2D eigenvalue weighted by Crippen LogP contribution is 2.42. The Labute approximate surface area is 202 Å². The van der Waals surface area contributed by atoms with E-state index in [2.05, 4.69) is 10.3 Å². The molecule has 0 bridgehead atoms. The molecule has 0 fully saturated rings. The number of aliphatic hydroxyl groups excluding tert-OH is 1. The van der Waals surface area contributed by atoms with Crippen molar-refractivity contribution in [1.82, 2.24) is 4.98 Å². The average molecular weight is 486 g/mol. The molecule has 1 atom stereocenters. The van der Waals surface area contributed by atoms with Crippen LogP contribution in [0.3, 0.4) is 0 Å². The summed E-state index contributed by atoms with van der Waals surface area (Å²) < 4.78 is 26.0. The Balaban J connectivity index is 1.65. The molecule has 0 saturated heterocycles. The Kier molecular flexibility index (Phi) is 6.63. The van der Waals surface area contributed by atoms with Crippen LogP contribution in [-0.2, 0) is 0 Å². The van der Waals surface area contributed by atoms with Crippen LogP contribution < -0.4 is 19.7 Å². The number of ether oxygens (including phenoxy) is 2. The third-order valence-corrected chi connectivity index (χ3v) is 5.36. The number of rotatable bonds is 5. The third kappa shape index (κ3) is 4.93. The first-order chi connectivity index (χ1) is 16.2. The number of anilines is 3. The fourth-order valence-corrected chi connectivity index (χ4v) is 3.87. The molecule has 1 unspecified atom stereocenters. The minimum absolute atomic E-state index is 0.101. The lowest BCUT2D eigenvalue weighted by Gasteiger charge is -2.37. The Morgan fingerprint density at radius 3 is 2.76 bits per heavy atom. The van der Waals surface area contributed by atoms with Crippen LogP contribution in [0, 0.1) is 5.82 Å². The summed E-state index contributed by atoms with van der Waals surface area (Å²) in [5, 5.41) is 13.0. The Morgan fingerprint density at radius 2 is 2.09 bits per heavy atom. The molecule has 34 heavy (non-hydrogen) atoms. The molecule has 7 nitrogen and oxygen atoms in total. The summed E-state index contributed by atoms with van der Waals surface area (Å²) >= 11 is 6.37. The van der Waals surface area contributed by atoms with Gasteiger partial charge in [0.15, 0.2) is 23.1 Å². The number of fused-ring (bicyclic) bond motifs is 1. The van der Waals surface area contributed by atoms with Crippen LogP contribution in [0.2, 0.25) is 5.02 Å². The molecule has 1 aliphatic rings. The SMILES string of the molecule is CC(C)(C)Oc1ccc(NC(=O)c2cccc3c2OCC(CO)N3c2ncccc2Cl)cc1F. The van der Waals surface area contributed by atoms with Crippen LogP contribution in [0.25, 0.3) is 0 Å². The van der Waals surface area contributed by atoms with Crippen LogP contribution in [0.1, 0.15) is 31.1 Å². The number of pyridine rings is 1. The molecule has 178 valence electrons. The number of benzene rings is 2. The van der Waals surface area contributed by atoms with Crippen molar-refractivity contribution in [2.45, 2.75) is 32.4 Å². The van der Waals surface area contributed by atoms with Gasteiger partial charge in [0.2, 0.25) is 0 Å². The zero-order valence-electron chi connectivity index (χ0n) is 19.0. The molecule has 0 saturated carbocycles. The summed E-state index contributed by atoms with van der Waals surface area (Å²) in [6, 6.07) is 12.3. The van der Waals surface area contributed by atoms with Crippen molar-refractivity contribution >= 4 is 34.7 Å². The fraction of sp³-hybridized carbons (Fsp3) is 0.280. The zero-order chi connectivity index (χ0) is 24.5. The van der Waals surface area contributed by atoms with Crippen LogP contribution >= 0.6 is 11.6 Å². The van der Waals surface area contributed by atoms with Crippen molar-refractivity contribution in [1.29, 1.82) is 0 Å². The maximum Gasteiger partial charge on any atom is 0.259 e. The van der Waals surface area contributed by atoms with Gasteiger partial charge in [-0.1, -0.05) is 17.7 Å². The molecule has 2 aromatic carbocycles. The minimum Gasteiger partial charge on any atom is -0.488 e. The second-order valence-electron chi connectivity index (χ2n) is 8.79. The van der Waals surface area contributed by atoms with E-state index in [0.29, 0.717) is 22.3 Å². The van der Waals surface area contributed by atoms with Crippen molar-refractivity contribution in [2.75, 3.05) is 23.4 Å². The van der Waals surface area contributed by atoms with E-state index in [1.165, 1.54) is 12.1 Å². The third-order valence-electron chi connectivity index (χ3n) is 5.07. The minimum atomic E-state index is -0.583. The number of carbonyl (C=O) groups excluding carboxylic acids is 1. The van der Waals surface area contributed by atoms with Crippen LogP contribution in [0.4, 0.5) is 21.6 Å². The van der Waals surface area contributed by atoms with Gasteiger partial charge in [-0.3, -0.25) is 4.79 Å². The molecule has 0 radical (unpaired) electrons. The molecule has 0 aliphatic carbocycles. The number of halogens is 2. The largest absolute Gasteiger partial charge is 0.488 e. The van der Waals surface area contributed by atoms with E-state index in [1.54, 1.807) is 47.5 Å². The molecule has 2 heterocycles. The monoisotopic (exact) mass is 485 g/mol. The van der Waals surface area contributed by atoms with E-state index in [1.807, 2.05) is 20.8 Å². The molecule has 2 N–H and O–H groups in total. The van der Waals surface area contributed by atoms with Gasteiger partial charge in [0.05, 0.1) is 28.9 Å². The predicted molar refractivity (Wildman–Crippen MR) is 129 cm³/mol. The fourth-order valence-electron chi connectivity index (χ4n) is 3.66. The maximum absolute atomic E-state index is 14.5. The summed E-state index contributed by atoms with van der Waals surface area (Å²) in [6.45, 7) is 5.38. The second-order valence-corrected chi connectivity index (χ2v) is 9.20. The van der Waals surface area contributed by atoms with Gasteiger partial charge in [-0.15, -0.1) is 0 Å². The summed E-state index contributed by atoms with van der Waals surface area (Å²) in [4.78, 5) is 19.2. The first kappa shape index (κ1) is 23.8. The molecule has 3 aromatic rings. The van der Waals surface area contributed by atoms with Crippen molar-refractivity contribution in [3.63, 3.8) is 0 Å². The van der Waals surface area contributed by atoms with E-state index >= 15 is 0 Å². The summed E-state index contributed by atoms with van der Waals surface area (Å²) in [5.41, 5.74) is 0.510. The lowest BCUT2D eigenvalue weighted by molar-refractivity contribution is 0.102. The van der Waals surface area contributed by atoms with Crippen molar-refractivity contribution in [3.05, 3.63) is 71.1 Å². The first-order valence-electron chi connectivity index (χ1n) is 10.7. The van der Waals surface area contributed by atoms with Crippen LogP contribution in [-0.4, -0.2) is 40.9 Å². The Hall–Kier alpha value is -3.36. The van der Waals surface area contributed by atoms with Gasteiger partial charge >= 0.3 is 0 Å². The van der Waals surface area contributed by atoms with Crippen molar-refractivity contribution in [3.8, 4) is 11.5 Å². The molecule has 4 rings (SSSR count). The quantitative estimate of drug-likeness (QED) is 0.517. The van der Waals surface area contributed by atoms with Gasteiger partial charge in [0.1, 0.15) is 12.2 Å². The van der Waals surface area contributed by atoms with Crippen molar-refractivity contribution < 1.29 is 23.8 Å². The smallest absolute Gasteiger partial charge is 0.259 e. The topological polar surface area (TPSA) is 83.9 Å². The molecule has 1 amide bonds. The van der Waals surface area contributed by atoms with Gasteiger partial charge < -0.3 is 24.8 Å². The summed E-state index contributed by atoms with van der Waals surface area (Å²) in [5.74, 6) is -0.193. The number of nitrogens with one attached hydrogen (secondary N) is 1. The molecule has 0 spiro atoms. The first-order valence-corrected chi connectivity index (χ1v) is 11.1. The molecule has 1 aliphatic heterocycles. The number of amides is 1. The number of hydrogen-bond acceptors (Lipinski definition) is 6. The van der Waals surface area contributed by atoms with Gasteiger partial charge in [-0.05, 0) is 57.2 Å². The van der Waals surface area contributed by atoms with Gasteiger partial charge in [0.25, 0.3) is 5.91 Å². The van der Waals surface area contributed by atoms with Crippen LogP contribution in [0.15, 0.2) is 54.7 Å². The lowest BCUT2D eigenvalue weighted by atomic mass is 10.1. The predicted octanol–water partition coefficient (Wildman–Crippen LogP) is 5.20. The number of aromatic nitrogens is 1. The average Bonchev–Trinajstić information content (AvgIpc) is 2.79. The van der Waals surface area contributed by atoms with E-state index in [-0.39, 0.29) is 30.2 Å². The lowest BCUT2D eigenvalue weighted by Crippen LogP contribution is -2.43. The van der Waals surface area contributed by atoms with Gasteiger partial charge in [-0.2, -0.15) is 0 Å². The highest BCUT2D eigenvalue weighted by Gasteiger charge is 2.33. The standard InChI is InChI=1S/C25H25ClFN3O4/c1-25(2,3)34-21-10-9-15(12-19(21)27)29-24(32)17-6-4-8-20-22(17)33-14-16(13-31)30(20)23-18(26)7-5-11-28-23/h4-12,16,31H,13-14H2,1-3H3,(H,29,32). The van der Waals surface area contributed by atoms with E-state index in [4.69, 9.17) is 21.1 Å². The molecule has 9 heteroatoms. The highest BCUT2D eigenvalue weighted by atomic mass is 35.5. The van der Waals surface area contributed by atoms with Crippen LogP contribution in [0.5, 0.6) is 11.5 Å². The highest BCUT2D eigenvalue weighted by molar-refractivity contribution is 6.33. The van der Waals surface area contributed by atoms with Crippen molar-refractivity contribution in [2.24, 2.45) is 0 Å². The number of carbonyl (C=O) groups is 1. The van der Waals surface area contributed by atoms with E-state index in [0.717, 1.165) is 0 Å². The number of nitrogens with zero attached hydrogens (tertiary/aromatic N) is 2. The molecular formula is C25H25ClFN3O4. The zero-order valence-corrected chi connectivity index (χ0v) is 19.8. The second kappa shape index (κ2) is 9.48. The summed E-state index contributed by atoms with van der Waals surface area (Å²) in [7, 11) is 0. The van der Waals surface area contributed by atoms with E-state index in [9.17, 15) is 14.3 Å². The normalized spacial score (nSPS) is 15.4. The maximum atomic E-state index is 14.5. The summed E-state index contributed by atoms with van der Waals surface area (Å²) in [6.07, 6.45) is 1.60. The Morgan fingerprint density at radius 1 is 1.29 bits per heavy atom. The number of hydrogen-bond donors (Lipinski definition) is 2. The number of para-hydroxylation sites is 1. The molecular weight excluding hydrogens is 461 g/mol.